The smallest absolute Gasteiger partial charge is 0.271 e. The molecular formula is C27H33N3O5. The summed E-state index contributed by atoms with van der Waals surface area (Å²) < 4.78 is 18.7. The summed E-state index contributed by atoms with van der Waals surface area (Å²) in [5.74, 6) is 1.54. The molecule has 1 saturated carbocycles. The van der Waals surface area contributed by atoms with Gasteiger partial charge in [0, 0.05) is 11.4 Å². The lowest BCUT2D eigenvalue weighted by atomic mass is 9.93. The van der Waals surface area contributed by atoms with Crippen LogP contribution >= 0.6 is 0 Å². The van der Waals surface area contributed by atoms with Crippen molar-refractivity contribution in [3.63, 3.8) is 0 Å². The van der Waals surface area contributed by atoms with Crippen LogP contribution in [0.3, 0.4) is 0 Å². The van der Waals surface area contributed by atoms with Crippen molar-refractivity contribution < 1.29 is 23.5 Å². The third-order valence-corrected chi connectivity index (χ3v) is 7.52. The SMILES string of the molecule is COc1ccc(OC)c2c1cc1n2C[C@@](C)(C(=O)NC2CCCCCC2)N(Cc2ccco2)C1=O. The fourth-order valence-corrected chi connectivity index (χ4v) is 5.53. The Bertz CT molecular complexity index is 1220. The number of furan rings is 1. The Morgan fingerprint density at radius 1 is 1.11 bits per heavy atom. The number of aromatic nitrogens is 1. The molecule has 1 fully saturated rings. The lowest BCUT2D eigenvalue weighted by molar-refractivity contribution is -0.134. The normalized spacial score (nSPS) is 21.0. The molecule has 8 nitrogen and oxygen atoms in total. The maximum Gasteiger partial charge on any atom is 0.271 e. The van der Waals surface area contributed by atoms with Crippen molar-refractivity contribution in [3.05, 3.63) is 48.0 Å². The maximum atomic E-state index is 14.0. The van der Waals surface area contributed by atoms with Gasteiger partial charge in [-0.15, -0.1) is 0 Å². The Morgan fingerprint density at radius 2 is 1.83 bits per heavy atom. The molecule has 1 N–H and O–H groups in total. The van der Waals surface area contributed by atoms with Gasteiger partial charge in [0.05, 0.1) is 39.1 Å². The van der Waals surface area contributed by atoms with Gasteiger partial charge in [-0.3, -0.25) is 9.59 Å². The third kappa shape index (κ3) is 4.05. The van der Waals surface area contributed by atoms with Gasteiger partial charge < -0.3 is 28.7 Å². The summed E-state index contributed by atoms with van der Waals surface area (Å²) in [5, 5.41) is 4.07. The number of hydrogen-bond donors (Lipinski definition) is 1. The fourth-order valence-electron chi connectivity index (χ4n) is 5.53. The van der Waals surface area contributed by atoms with E-state index < -0.39 is 5.54 Å². The van der Waals surface area contributed by atoms with Gasteiger partial charge in [-0.25, -0.2) is 0 Å². The quantitative estimate of drug-likeness (QED) is 0.526. The standard InChI is InChI=1S/C27H33N3O5/c1-27(26(32)28-18-9-6-4-5-7-10-18)17-29-21(25(31)30(27)16-19-11-8-14-35-19)15-20-22(33-2)12-13-23(34-3)24(20)29/h8,11-15,18H,4-7,9-10,16-17H2,1-3H3,(H,28,32)/t27-/m0/s1. The summed E-state index contributed by atoms with van der Waals surface area (Å²) in [6, 6.07) is 9.23. The van der Waals surface area contributed by atoms with Crippen molar-refractivity contribution in [2.75, 3.05) is 14.2 Å². The van der Waals surface area contributed by atoms with Crippen LogP contribution in [0.25, 0.3) is 10.9 Å². The molecule has 1 aliphatic carbocycles. The van der Waals surface area contributed by atoms with E-state index in [4.69, 9.17) is 13.9 Å². The van der Waals surface area contributed by atoms with Crippen LogP contribution in [0.2, 0.25) is 0 Å². The topological polar surface area (TPSA) is 85.9 Å². The van der Waals surface area contributed by atoms with Gasteiger partial charge in [0.2, 0.25) is 5.91 Å². The first-order valence-corrected chi connectivity index (χ1v) is 12.4. The number of carbonyl (C=O) groups excluding carboxylic acids is 2. The average molecular weight is 480 g/mol. The minimum Gasteiger partial charge on any atom is -0.496 e. The van der Waals surface area contributed by atoms with Crippen molar-refractivity contribution in [2.24, 2.45) is 0 Å². The molecule has 8 heteroatoms. The minimum absolute atomic E-state index is 0.125. The Labute approximate surface area is 205 Å². The van der Waals surface area contributed by atoms with Crippen molar-refractivity contribution in [1.82, 2.24) is 14.8 Å². The Hall–Kier alpha value is -3.42. The summed E-state index contributed by atoms with van der Waals surface area (Å²) in [4.78, 5) is 29.6. The Morgan fingerprint density at radius 3 is 2.49 bits per heavy atom. The van der Waals surface area contributed by atoms with E-state index in [1.807, 2.05) is 35.8 Å². The molecule has 0 bridgehead atoms. The highest BCUT2D eigenvalue weighted by atomic mass is 16.5. The number of benzene rings is 1. The molecule has 2 aromatic heterocycles. The molecular weight excluding hydrogens is 446 g/mol. The summed E-state index contributed by atoms with van der Waals surface area (Å²) in [6.07, 6.45) is 8.15. The molecule has 1 aliphatic heterocycles. The van der Waals surface area contributed by atoms with Crippen LogP contribution in [0.4, 0.5) is 0 Å². The van der Waals surface area contributed by atoms with E-state index in [2.05, 4.69) is 5.32 Å². The number of nitrogens with zero attached hydrogens (tertiary/aromatic N) is 2. The summed E-state index contributed by atoms with van der Waals surface area (Å²) in [5.41, 5.74) is 0.124. The van der Waals surface area contributed by atoms with E-state index in [9.17, 15) is 9.59 Å². The van der Waals surface area contributed by atoms with E-state index in [1.54, 1.807) is 31.4 Å². The van der Waals surface area contributed by atoms with Gasteiger partial charge >= 0.3 is 0 Å². The monoisotopic (exact) mass is 479 g/mol. The van der Waals surface area contributed by atoms with Gasteiger partial charge in [-0.1, -0.05) is 25.7 Å². The molecule has 2 aliphatic rings. The number of fused-ring (bicyclic) bond motifs is 3. The second kappa shape index (κ2) is 9.32. The number of ether oxygens (including phenoxy) is 2. The molecule has 0 unspecified atom stereocenters. The van der Waals surface area contributed by atoms with Gasteiger partial charge in [0.1, 0.15) is 28.5 Å². The first-order valence-electron chi connectivity index (χ1n) is 12.4. The van der Waals surface area contributed by atoms with E-state index >= 15 is 0 Å². The predicted octanol–water partition coefficient (Wildman–Crippen LogP) is 4.51. The molecule has 186 valence electrons. The van der Waals surface area contributed by atoms with Crippen LogP contribution < -0.4 is 14.8 Å². The second-order valence-corrected chi connectivity index (χ2v) is 9.75. The summed E-state index contributed by atoms with van der Waals surface area (Å²) in [6.45, 7) is 2.35. The third-order valence-electron chi connectivity index (χ3n) is 7.52. The molecule has 0 saturated heterocycles. The Balaban J connectivity index is 1.60. The lowest BCUT2D eigenvalue weighted by Gasteiger charge is -2.44. The summed E-state index contributed by atoms with van der Waals surface area (Å²) >= 11 is 0. The Kier molecular flexibility index (Phi) is 6.21. The largest absolute Gasteiger partial charge is 0.496 e. The molecule has 3 heterocycles. The first kappa shape index (κ1) is 23.3. The van der Waals surface area contributed by atoms with Gasteiger partial charge in [0.25, 0.3) is 5.91 Å². The number of carbonyl (C=O) groups is 2. The van der Waals surface area contributed by atoms with E-state index in [0.717, 1.165) is 36.6 Å². The molecule has 5 rings (SSSR count). The van der Waals surface area contributed by atoms with Crippen LogP contribution in [0, 0.1) is 0 Å². The zero-order valence-electron chi connectivity index (χ0n) is 20.6. The van der Waals surface area contributed by atoms with E-state index in [0.29, 0.717) is 29.5 Å². The minimum atomic E-state index is -1.12. The van der Waals surface area contributed by atoms with Crippen molar-refractivity contribution in [2.45, 2.75) is 70.1 Å². The highest BCUT2D eigenvalue weighted by molar-refractivity contribution is 6.05. The van der Waals surface area contributed by atoms with Crippen LogP contribution in [0.1, 0.15) is 61.7 Å². The van der Waals surface area contributed by atoms with E-state index in [-0.39, 0.29) is 24.4 Å². The van der Waals surface area contributed by atoms with Crippen LogP contribution in [0.15, 0.2) is 41.0 Å². The average Bonchev–Trinajstić information content (AvgIpc) is 3.43. The zero-order valence-corrected chi connectivity index (χ0v) is 20.6. The molecule has 35 heavy (non-hydrogen) atoms. The first-order chi connectivity index (χ1) is 17.0. The highest BCUT2D eigenvalue weighted by Crippen LogP contribution is 2.40. The van der Waals surface area contributed by atoms with Crippen molar-refractivity contribution in [1.29, 1.82) is 0 Å². The number of amides is 2. The van der Waals surface area contributed by atoms with Gasteiger partial charge in [0.15, 0.2) is 0 Å². The van der Waals surface area contributed by atoms with Gasteiger partial charge in [-0.2, -0.15) is 0 Å². The van der Waals surface area contributed by atoms with Crippen molar-refractivity contribution >= 4 is 22.7 Å². The molecule has 1 atom stereocenters. The fraction of sp³-hybridized carbons (Fsp3) is 0.481. The number of hydrogen-bond acceptors (Lipinski definition) is 5. The molecule has 0 radical (unpaired) electrons. The van der Waals surface area contributed by atoms with Crippen molar-refractivity contribution in [3.8, 4) is 11.5 Å². The molecule has 3 aromatic rings. The molecule has 0 spiro atoms. The highest BCUT2D eigenvalue weighted by Gasteiger charge is 2.48. The number of rotatable bonds is 6. The van der Waals surface area contributed by atoms with Crippen LogP contribution in [-0.2, 0) is 17.9 Å². The maximum absolute atomic E-state index is 14.0. The number of nitrogens with one attached hydrogen (secondary N) is 1. The predicted molar refractivity (Wildman–Crippen MR) is 132 cm³/mol. The van der Waals surface area contributed by atoms with E-state index in [1.165, 1.54) is 12.8 Å². The summed E-state index contributed by atoms with van der Waals surface area (Å²) in [7, 11) is 3.21. The second-order valence-electron chi connectivity index (χ2n) is 9.75. The van der Waals surface area contributed by atoms with Crippen LogP contribution in [-0.4, -0.2) is 47.1 Å². The van der Waals surface area contributed by atoms with Gasteiger partial charge in [-0.05, 0) is 50.1 Å². The zero-order chi connectivity index (χ0) is 24.6. The van der Waals surface area contributed by atoms with Crippen LogP contribution in [0.5, 0.6) is 11.5 Å². The lowest BCUT2D eigenvalue weighted by Crippen LogP contribution is -2.64. The molecule has 2 amide bonds. The molecule has 1 aromatic carbocycles. The number of methoxy groups -OCH3 is 2.